The highest BCUT2D eigenvalue weighted by atomic mass is 32.1. The summed E-state index contributed by atoms with van der Waals surface area (Å²) in [6.07, 6.45) is 4.02. The molecule has 0 spiro atoms. The molecule has 0 radical (unpaired) electrons. The minimum atomic E-state index is 0.149. The number of fused-ring (bicyclic) bond motifs is 1. The van der Waals surface area contributed by atoms with Crippen molar-refractivity contribution in [2.45, 2.75) is 52.1 Å². The Hall–Kier alpha value is -1.73. The summed E-state index contributed by atoms with van der Waals surface area (Å²) in [5.41, 5.74) is 1.25. The van der Waals surface area contributed by atoms with Gasteiger partial charge in [-0.2, -0.15) is 0 Å². The molecule has 2 aliphatic heterocycles. The first-order chi connectivity index (χ1) is 12.5. The van der Waals surface area contributed by atoms with Gasteiger partial charge < -0.3 is 10.2 Å². The molecule has 4 rings (SSSR count). The van der Waals surface area contributed by atoms with Crippen LogP contribution in [-0.2, 0) is 11.3 Å². The Morgan fingerprint density at radius 3 is 2.69 bits per heavy atom. The first-order valence-electron chi connectivity index (χ1n) is 9.50. The number of anilines is 1. The number of thiophene rings is 1. The van der Waals surface area contributed by atoms with Gasteiger partial charge in [0.1, 0.15) is 16.5 Å². The highest BCUT2D eigenvalue weighted by Gasteiger charge is 2.25. The summed E-state index contributed by atoms with van der Waals surface area (Å²) < 4.78 is 0. The molecule has 0 bridgehead atoms. The van der Waals surface area contributed by atoms with Crippen LogP contribution in [0.5, 0.6) is 0 Å². The van der Waals surface area contributed by atoms with E-state index in [9.17, 15) is 4.79 Å². The Balaban J connectivity index is 1.65. The minimum Gasteiger partial charge on any atom is -0.366 e. The zero-order valence-electron chi connectivity index (χ0n) is 15.8. The Morgan fingerprint density at radius 1 is 1.19 bits per heavy atom. The molecule has 1 N–H and O–H groups in total. The van der Waals surface area contributed by atoms with E-state index in [1.165, 1.54) is 23.3 Å². The van der Waals surface area contributed by atoms with Crippen LogP contribution in [0.15, 0.2) is 0 Å². The molecule has 0 aliphatic carbocycles. The number of hydrogen-bond donors (Lipinski definition) is 1. The fourth-order valence-corrected chi connectivity index (χ4v) is 4.92. The van der Waals surface area contributed by atoms with Crippen LogP contribution in [0.3, 0.4) is 0 Å². The molecule has 4 heterocycles. The van der Waals surface area contributed by atoms with Gasteiger partial charge in [-0.15, -0.1) is 11.3 Å². The van der Waals surface area contributed by atoms with E-state index in [0.29, 0.717) is 6.42 Å². The van der Waals surface area contributed by atoms with Crippen LogP contribution in [0.25, 0.3) is 10.2 Å². The summed E-state index contributed by atoms with van der Waals surface area (Å²) in [4.78, 5) is 28.4. The van der Waals surface area contributed by atoms with Gasteiger partial charge in [0.25, 0.3) is 0 Å². The Bertz CT molecular complexity index is 827. The smallest absolute Gasteiger partial charge is 0.224 e. The number of nitrogens with zero attached hydrogens (tertiary/aromatic N) is 4. The molecule has 2 aromatic rings. The van der Waals surface area contributed by atoms with Gasteiger partial charge in [0, 0.05) is 30.9 Å². The van der Waals surface area contributed by atoms with Crippen LogP contribution in [-0.4, -0.2) is 58.4 Å². The Morgan fingerprint density at radius 2 is 1.96 bits per heavy atom. The topological polar surface area (TPSA) is 61.4 Å². The van der Waals surface area contributed by atoms with Crippen molar-refractivity contribution in [1.82, 2.24) is 19.8 Å². The van der Waals surface area contributed by atoms with Gasteiger partial charge >= 0.3 is 0 Å². The van der Waals surface area contributed by atoms with Crippen molar-refractivity contribution in [3.8, 4) is 0 Å². The Labute approximate surface area is 158 Å². The van der Waals surface area contributed by atoms with E-state index in [1.807, 2.05) is 11.9 Å². The predicted octanol–water partition coefficient (Wildman–Crippen LogP) is 2.94. The number of piperidine rings is 1. The molecule has 2 aliphatic rings. The monoisotopic (exact) mass is 373 g/mol. The summed E-state index contributed by atoms with van der Waals surface area (Å²) in [6, 6.07) is 0.149. The molecule has 1 amide bonds. The van der Waals surface area contributed by atoms with E-state index < -0.39 is 0 Å². The Kier molecular flexibility index (Phi) is 4.84. The van der Waals surface area contributed by atoms with Gasteiger partial charge in [-0.3, -0.25) is 9.69 Å². The highest BCUT2D eigenvalue weighted by molar-refractivity contribution is 7.18. The number of likely N-dealkylation sites (tertiary alicyclic amines) is 2. The zero-order valence-corrected chi connectivity index (χ0v) is 16.7. The van der Waals surface area contributed by atoms with Gasteiger partial charge in [-0.1, -0.05) is 0 Å². The quantitative estimate of drug-likeness (QED) is 0.893. The van der Waals surface area contributed by atoms with Gasteiger partial charge in [0.2, 0.25) is 5.91 Å². The third-order valence-electron chi connectivity index (χ3n) is 5.64. The molecular weight excluding hydrogens is 346 g/mol. The molecule has 2 aromatic heterocycles. The molecule has 2 saturated heterocycles. The standard InChI is InChI=1S/C19H27N5OS/c1-12-13(2)26-19-17(12)18(20-14-6-9-23(3)16(25)10-14)21-15(22-19)11-24-7-4-5-8-24/h14H,4-11H2,1-3H3,(H,20,21,22). The van der Waals surface area contributed by atoms with Gasteiger partial charge in [0.05, 0.1) is 11.9 Å². The van der Waals surface area contributed by atoms with E-state index in [2.05, 4.69) is 24.1 Å². The maximum atomic E-state index is 12.1. The first-order valence-corrected chi connectivity index (χ1v) is 10.3. The maximum Gasteiger partial charge on any atom is 0.224 e. The molecule has 0 aromatic carbocycles. The number of nitrogens with one attached hydrogen (secondary N) is 1. The summed E-state index contributed by atoms with van der Waals surface area (Å²) in [6.45, 7) is 8.17. The molecule has 1 unspecified atom stereocenters. The van der Waals surface area contributed by atoms with Gasteiger partial charge in [-0.25, -0.2) is 9.97 Å². The van der Waals surface area contributed by atoms with Crippen LogP contribution in [0.1, 0.15) is 41.9 Å². The van der Waals surface area contributed by atoms with E-state index >= 15 is 0 Å². The fraction of sp³-hybridized carbons (Fsp3) is 0.632. The molecule has 140 valence electrons. The van der Waals surface area contributed by atoms with Crippen molar-refractivity contribution in [3.05, 3.63) is 16.3 Å². The fourth-order valence-electron chi connectivity index (χ4n) is 3.87. The summed E-state index contributed by atoms with van der Waals surface area (Å²) in [7, 11) is 1.88. The molecule has 7 heteroatoms. The number of rotatable bonds is 4. The lowest BCUT2D eigenvalue weighted by Gasteiger charge is -2.29. The minimum absolute atomic E-state index is 0.149. The lowest BCUT2D eigenvalue weighted by atomic mass is 10.0. The number of aromatic nitrogens is 2. The third kappa shape index (κ3) is 3.42. The molecule has 1 atom stereocenters. The second-order valence-corrected chi connectivity index (χ2v) is 8.79. The first kappa shape index (κ1) is 17.7. The lowest BCUT2D eigenvalue weighted by Crippen LogP contribution is -2.41. The molecule has 6 nitrogen and oxygen atoms in total. The SMILES string of the molecule is Cc1sc2nc(CN3CCCC3)nc(NC3CCN(C)C(=O)C3)c2c1C. The summed E-state index contributed by atoms with van der Waals surface area (Å²) in [5, 5.41) is 4.71. The van der Waals surface area contributed by atoms with Crippen molar-refractivity contribution in [2.24, 2.45) is 0 Å². The average molecular weight is 374 g/mol. The lowest BCUT2D eigenvalue weighted by molar-refractivity contribution is -0.132. The van der Waals surface area contributed by atoms with Crippen molar-refractivity contribution < 1.29 is 4.79 Å². The normalized spacial score (nSPS) is 21.7. The molecule has 2 fully saturated rings. The summed E-state index contributed by atoms with van der Waals surface area (Å²) >= 11 is 1.74. The van der Waals surface area contributed by atoms with Crippen molar-refractivity contribution in [1.29, 1.82) is 0 Å². The van der Waals surface area contributed by atoms with Crippen LogP contribution >= 0.6 is 11.3 Å². The van der Waals surface area contributed by atoms with Crippen LogP contribution in [0.4, 0.5) is 5.82 Å². The second kappa shape index (κ2) is 7.12. The largest absolute Gasteiger partial charge is 0.366 e. The highest BCUT2D eigenvalue weighted by Crippen LogP contribution is 2.34. The average Bonchev–Trinajstić information content (AvgIpc) is 3.20. The van der Waals surface area contributed by atoms with Gasteiger partial charge in [-0.05, 0) is 51.8 Å². The predicted molar refractivity (Wildman–Crippen MR) is 106 cm³/mol. The maximum absolute atomic E-state index is 12.1. The third-order valence-corrected chi connectivity index (χ3v) is 6.74. The number of amides is 1. The van der Waals surface area contributed by atoms with E-state index in [-0.39, 0.29) is 11.9 Å². The molecular formula is C19H27N5OS. The van der Waals surface area contributed by atoms with Crippen LogP contribution in [0, 0.1) is 13.8 Å². The van der Waals surface area contributed by atoms with Crippen molar-refractivity contribution in [3.63, 3.8) is 0 Å². The molecule has 26 heavy (non-hydrogen) atoms. The molecule has 0 saturated carbocycles. The van der Waals surface area contributed by atoms with E-state index in [1.54, 1.807) is 11.3 Å². The van der Waals surface area contributed by atoms with Crippen LogP contribution < -0.4 is 5.32 Å². The van der Waals surface area contributed by atoms with E-state index in [0.717, 1.165) is 54.5 Å². The number of carbonyl (C=O) groups is 1. The van der Waals surface area contributed by atoms with Crippen molar-refractivity contribution in [2.75, 3.05) is 32.0 Å². The van der Waals surface area contributed by atoms with Crippen LogP contribution in [0.2, 0.25) is 0 Å². The van der Waals surface area contributed by atoms with E-state index in [4.69, 9.17) is 9.97 Å². The number of aryl methyl sites for hydroxylation is 2. The van der Waals surface area contributed by atoms with Gasteiger partial charge in [0.15, 0.2) is 0 Å². The summed E-state index contributed by atoms with van der Waals surface area (Å²) in [5.74, 6) is 2.00. The zero-order chi connectivity index (χ0) is 18.3. The second-order valence-electron chi connectivity index (χ2n) is 7.58. The van der Waals surface area contributed by atoms with Crippen molar-refractivity contribution >= 4 is 33.3 Å². The number of hydrogen-bond acceptors (Lipinski definition) is 6. The number of carbonyl (C=O) groups excluding carboxylic acids is 1.